The van der Waals surface area contributed by atoms with E-state index in [1.807, 2.05) is 6.20 Å². The Bertz CT molecular complexity index is 754. The van der Waals surface area contributed by atoms with Gasteiger partial charge >= 0.3 is 0 Å². The van der Waals surface area contributed by atoms with Crippen molar-refractivity contribution in [3.05, 3.63) is 35.3 Å². The van der Waals surface area contributed by atoms with Crippen molar-refractivity contribution in [3.63, 3.8) is 0 Å². The predicted octanol–water partition coefficient (Wildman–Crippen LogP) is 3.39. The van der Waals surface area contributed by atoms with E-state index < -0.39 is 0 Å². The fourth-order valence-electron chi connectivity index (χ4n) is 3.07. The Hall–Kier alpha value is -1.72. The van der Waals surface area contributed by atoms with Gasteiger partial charge in [-0.3, -0.25) is 0 Å². The van der Waals surface area contributed by atoms with Crippen molar-refractivity contribution in [2.45, 2.75) is 25.8 Å². The highest BCUT2D eigenvalue weighted by Crippen LogP contribution is 2.33. The number of piperidine rings is 1. The molecule has 1 saturated heterocycles. The Labute approximate surface area is 127 Å². The largest absolute Gasteiger partial charge is 0.317 e. The van der Waals surface area contributed by atoms with Crippen molar-refractivity contribution < 1.29 is 0 Å². The van der Waals surface area contributed by atoms with Gasteiger partial charge in [0.2, 0.25) is 0 Å². The predicted molar refractivity (Wildman–Crippen MR) is 86.7 cm³/mol. The van der Waals surface area contributed by atoms with Crippen LogP contribution in [0.1, 0.15) is 24.4 Å². The average molecular weight is 298 g/mol. The molecule has 0 radical (unpaired) electrons. The standard InChI is InChI=1S/C16H18N4S/c1-11-9-13-15(18-10-11)20(12-4-6-17-7-5-12)16(19-13)14-3-2-8-21-14/h2-3,8-10,12,17H,4-7H2,1H3. The number of aromatic nitrogens is 3. The minimum Gasteiger partial charge on any atom is -0.317 e. The van der Waals surface area contributed by atoms with E-state index in [0.29, 0.717) is 6.04 Å². The number of nitrogens with one attached hydrogen (secondary N) is 1. The van der Waals surface area contributed by atoms with Gasteiger partial charge < -0.3 is 9.88 Å². The van der Waals surface area contributed by atoms with Gasteiger partial charge in [0.25, 0.3) is 0 Å². The van der Waals surface area contributed by atoms with Gasteiger partial charge in [-0.05, 0) is 55.9 Å². The molecule has 1 N–H and O–H groups in total. The molecule has 1 aliphatic rings. The van der Waals surface area contributed by atoms with Crippen LogP contribution in [-0.4, -0.2) is 27.6 Å². The van der Waals surface area contributed by atoms with Crippen LogP contribution in [0.4, 0.5) is 0 Å². The van der Waals surface area contributed by atoms with Crippen molar-refractivity contribution in [3.8, 4) is 10.7 Å². The van der Waals surface area contributed by atoms with Crippen LogP contribution >= 0.6 is 11.3 Å². The maximum absolute atomic E-state index is 4.88. The second-order valence-corrected chi connectivity index (χ2v) is 6.57. The first kappa shape index (κ1) is 13.0. The average Bonchev–Trinajstić information content (AvgIpc) is 3.14. The van der Waals surface area contributed by atoms with Crippen LogP contribution in [0, 0.1) is 6.92 Å². The number of hydrogen-bond acceptors (Lipinski definition) is 4. The van der Waals surface area contributed by atoms with Gasteiger partial charge in [0.05, 0.1) is 4.88 Å². The van der Waals surface area contributed by atoms with Crippen molar-refractivity contribution in [2.75, 3.05) is 13.1 Å². The third kappa shape index (κ3) is 2.26. The molecule has 0 spiro atoms. The Balaban J connectivity index is 1.93. The monoisotopic (exact) mass is 298 g/mol. The van der Waals surface area contributed by atoms with E-state index in [4.69, 9.17) is 4.98 Å². The van der Waals surface area contributed by atoms with Gasteiger partial charge in [-0.15, -0.1) is 11.3 Å². The normalized spacial score (nSPS) is 16.6. The van der Waals surface area contributed by atoms with Crippen LogP contribution < -0.4 is 5.32 Å². The number of rotatable bonds is 2. The molecule has 0 saturated carbocycles. The molecule has 0 aromatic carbocycles. The summed E-state index contributed by atoms with van der Waals surface area (Å²) < 4.78 is 2.36. The number of aryl methyl sites for hydroxylation is 1. The molecule has 21 heavy (non-hydrogen) atoms. The van der Waals surface area contributed by atoms with Crippen molar-refractivity contribution >= 4 is 22.5 Å². The van der Waals surface area contributed by atoms with Crippen LogP contribution in [-0.2, 0) is 0 Å². The number of imidazole rings is 1. The highest BCUT2D eigenvalue weighted by molar-refractivity contribution is 7.13. The topological polar surface area (TPSA) is 42.7 Å². The lowest BCUT2D eigenvalue weighted by atomic mass is 10.1. The van der Waals surface area contributed by atoms with E-state index in [0.717, 1.165) is 48.5 Å². The summed E-state index contributed by atoms with van der Waals surface area (Å²) in [7, 11) is 0. The van der Waals surface area contributed by atoms with Gasteiger partial charge in [-0.25, -0.2) is 9.97 Å². The summed E-state index contributed by atoms with van der Waals surface area (Å²) in [5.41, 5.74) is 3.20. The molecule has 0 atom stereocenters. The lowest BCUT2D eigenvalue weighted by Gasteiger charge is -2.25. The molecule has 3 aromatic heterocycles. The van der Waals surface area contributed by atoms with Crippen LogP contribution in [0.3, 0.4) is 0 Å². The molecular formula is C16H18N4S. The lowest BCUT2D eigenvalue weighted by Crippen LogP contribution is -2.29. The number of fused-ring (bicyclic) bond motifs is 1. The van der Waals surface area contributed by atoms with Crippen LogP contribution in [0.2, 0.25) is 0 Å². The molecule has 1 fully saturated rings. The third-order valence-electron chi connectivity index (χ3n) is 4.08. The maximum Gasteiger partial charge on any atom is 0.160 e. The molecule has 108 valence electrons. The van der Waals surface area contributed by atoms with Crippen molar-refractivity contribution in [1.82, 2.24) is 19.9 Å². The maximum atomic E-state index is 4.88. The third-order valence-corrected chi connectivity index (χ3v) is 4.95. The zero-order valence-corrected chi connectivity index (χ0v) is 12.9. The SMILES string of the molecule is Cc1cnc2c(c1)nc(-c1cccs1)n2C1CCNCC1. The van der Waals surface area contributed by atoms with Gasteiger partial charge in [0.1, 0.15) is 5.52 Å². The van der Waals surface area contributed by atoms with E-state index in [1.165, 1.54) is 4.88 Å². The second kappa shape index (κ2) is 5.24. The molecule has 0 unspecified atom stereocenters. The Kier molecular flexibility index (Phi) is 3.24. The minimum absolute atomic E-state index is 0.489. The quantitative estimate of drug-likeness (QED) is 0.788. The van der Waals surface area contributed by atoms with Crippen LogP contribution in [0.25, 0.3) is 21.9 Å². The Morgan fingerprint density at radius 3 is 2.95 bits per heavy atom. The van der Waals surface area contributed by atoms with Crippen LogP contribution in [0.15, 0.2) is 29.8 Å². The summed E-state index contributed by atoms with van der Waals surface area (Å²) in [5, 5.41) is 5.55. The Morgan fingerprint density at radius 1 is 1.33 bits per heavy atom. The summed E-state index contributed by atoms with van der Waals surface area (Å²) in [4.78, 5) is 10.8. The van der Waals surface area contributed by atoms with Crippen molar-refractivity contribution in [1.29, 1.82) is 0 Å². The van der Waals surface area contributed by atoms with E-state index in [1.54, 1.807) is 11.3 Å². The molecule has 1 aliphatic heterocycles. The van der Waals surface area contributed by atoms with Gasteiger partial charge in [-0.2, -0.15) is 0 Å². The first-order valence-electron chi connectivity index (χ1n) is 7.42. The first-order chi connectivity index (χ1) is 10.3. The summed E-state index contributed by atoms with van der Waals surface area (Å²) in [6.45, 7) is 4.21. The van der Waals surface area contributed by atoms with E-state index in [9.17, 15) is 0 Å². The molecular weight excluding hydrogens is 280 g/mol. The first-order valence-corrected chi connectivity index (χ1v) is 8.30. The van der Waals surface area contributed by atoms with E-state index in [-0.39, 0.29) is 0 Å². The van der Waals surface area contributed by atoms with Crippen LogP contribution in [0.5, 0.6) is 0 Å². The molecule has 4 heterocycles. The summed E-state index contributed by atoms with van der Waals surface area (Å²) >= 11 is 1.75. The minimum atomic E-state index is 0.489. The molecule has 4 nitrogen and oxygen atoms in total. The lowest BCUT2D eigenvalue weighted by molar-refractivity contribution is 0.376. The molecule has 3 aromatic rings. The highest BCUT2D eigenvalue weighted by atomic mass is 32.1. The molecule has 0 amide bonds. The van der Waals surface area contributed by atoms with E-state index in [2.05, 4.69) is 45.4 Å². The summed E-state index contributed by atoms with van der Waals surface area (Å²) in [6, 6.07) is 6.86. The smallest absolute Gasteiger partial charge is 0.160 e. The number of pyridine rings is 1. The zero-order valence-electron chi connectivity index (χ0n) is 12.0. The fourth-order valence-corrected chi connectivity index (χ4v) is 3.78. The van der Waals surface area contributed by atoms with Crippen molar-refractivity contribution in [2.24, 2.45) is 0 Å². The summed E-state index contributed by atoms with van der Waals surface area (Å²) in [5.74, 6) is 1.07. The molecule has 5 heteroatoms. The molecule has 0 bridgehead atoms. The Morgan fingerprint density at radius 2 is 2.19 bits per heavy atom. The molecule has 0 aliphatic carbocycles. The van der Waals surface area contributed by atoms with E-state index >= 15 is 0 Å². The van der Waals surface area contributed by atoms with Gasteiger partial charge in [0, 0.05) is 12.2 Å². The fraction of sp³-hybridized carbons (Fsp3) is 0.375. The highest BCUT2D eigenvalue weighted by Gasteiger charge is 2.23. The number of thiophene rings is 1. The van der Waals surface area contributed by atoms with Gasteiger partial charge in [-0.1, -0.05) is 6.07 Å². The summed E-state index contributed by atoms with van der Waals surface area (Å²) in [6.07, 6.45) is 4.22. The number of nitrogens with zero attached hydrogens (tertiary/aromatic N) is 3. The number of hydrogen-bond donors (Lipinski definition) is 1. The van der Waals surface area contributed by atoms with Gasteiger partial charge in [0.15, 0.2) is 11.5 Å². The zero-order chi connectivity index (χ0) is 14.2. The second-order valence-electron chi connectivity index (χ2n) is 5.62. The molecule has 4 rings (SSSR count).